The lowest BCUT2D eigenvalue weighted by atomic mass is 10.1. The van der Waals surface area contributed by atoms with Gasteiger partial charge in [0.15, 0.2) is 0 Å². The summed E-state index contributed by atoms with van der Waals surface area (Å²) in [6.07, 6.45) is 7.07. The first-order valence-electron chi connectivity index (χ1n) is 12.1. The third-order valence-electron chi connectivity index (χ3n) is 5.10. The molecule has 0 aliphatic carbocycles. The molecule has 0 spiro atoms. The van der Waals surface area contributed by atoms with Crippen LogP contribution >= 0.6 is 0 Å². The summed E-state index contributed by atoms with van der Waals surface area (Å²) in [5, 5.41) is 0. The summed E-state index contributed by atoms with van der Waals surface area (Å²) in [6, 6.07) is 11.7. The Bertz CT molecular complexity index is 822. The molecule has 0 aromatic heterocycles. The van der Waals surface area contributed by atoms with Crippen molar-refractivity contribution in [3.8, 4) is 11.5 Å². The van der Waals surface area contributed by atoms with Crippen LogP contribution in [0.1, 0.15) is 22.3 Å². The van der Waals surface area contributed by atoms with Gasteiger partial charge in [-0.1, -0.05) is 87.0 Å². The Morgan fingerprint density at radius 3 is 0.917 bits per heavy atom. The van der Waals surface area contributed by atoms with Crippen molar-refractivity contribution in [2.24, 2.45) is 0 Å². The molecular weight excluding hydrogens is 456 g/mol. The molecule has 2 aromatic carbocycles. The van der Waals surface area contributed by atoms with Crippen molar-refractivity contribution in [3.63, 3.8) is 0 Å². The first-order chi connectivity index (χ1) is 17.7. The van der Waals surface area contributed by atoms with Gasteiger partial charge < -0.3 is 28.4 Å². The smallest absolute Gasteiger partial charge is 0.133 e. The van der Waals surface area contributed by atoms with E-state index >= 15 is 0 Å². The molecule has 0 aliphatic heterocycles. The zero-order chi connectivity index (χ0) is 25.8. The van der Waals surface area contributed by atoms with Crippen LogP contribution < -0.4 is 9.47 Å². The Morgan fingerprint density at radius 2 is 0.667 bits per heavy atom. The van der Waals surface area contributed by atoms with Crippen molar-refractivity contribution in [3.05, 3.63) is 85.0 Å². The number of benzene rings is 2. The second kappa shape index (κ2) is 18.2. The minimum absolute atomic E-state index is 0.441. The standard InChI is InChI=1S/C30H38O6/c1-5-25-11-9-12-26(6-2)29(25)35-23-21-33-19-17-31-15-16-32-18-20-34-22-24-36-30-27(7-3)13-10-14-28(30)8-4/h5-14H,1-4,15-24H2. The lowest BCUT2D eigenvalue weighted by Gasteiger charge is -2.13. The van der Waals surface area contributed by atoms with Crippen LogP contribution in [-0.2, 0) is 18.9 Å². The molecule has 0 N–H and O–H groups in total. The minimum Gasteiger partial charge on any atom is -0.490 e. The van der Waals surface area contributed by atoms with E-state index in [2.05, 4.69) is 26.3 Å². The van der Waals surface area contributed by atoms with Crippen LogP contribution in [0.2, 0.25) is 0 Å². The van der Waals surface area contributed by atoms with Gasteiger partial charge in [0.1, 0.15) is 24.7 Å². The SMILES string of the molecule is C=Cc1cccc(C=C)c1OCCOCCOCCOCCOCCOc1c(C=C)cccc1C=C. The number of rotatable bonds is 21. The van der Waals surface area contributed by atoms with Crippen molar-refractivity contribution in [2.45, 2.75) is 0 Å². The van der Waals surface area contributed by atoms with E-state index in [-0.39, 0.29) is 0 Å². The van der Waals surface area contributed by atoms with E-state index in [1.165, 1.54) is 0 Å². The second-order valence-electron chi connectivity index (χ2n) is 7.49. The molecular formula is C30H38O6. The zero-order valence-corrected chi connectivity index (χ0v) is 21.1. The van der Waals surface area contributed by atoms with E-state index in [0.717, 1.165) is 33.8 Å². The first kappa shape index (κ1) is 29.1. The van der Waals surface area contributed by atoms with Gasteiger partial charge in [-0.15, -0.1) is 0 Å². The van der Waals surface area contributed by atoms with E-state index in [0.29, 0.717) is 66.1 Å². The molecule has 0 unspecified atom stereocenters. The maximum atomic E-state index is 5.84. The van der Waals surface area contributed by atoms with Gasteiger partial charge in [-0.25, -0.2) is 0 Å². The van der Waals surface area contributed by atoms with Crippen LogP contribution in [0, 0.1) is 0 Å². The summed E-state index contributed by atoms with van der Waals surface area (Å²) in [6.45, 7) is 20.1. The largest absolute Gasteiger partial charge is 0.490 e. The van der Waals surface area contributed by atoms with Crippen molar-refractivity contribution in [1.29, 1.82) is 0 Å². The maximum Gasteiger partial charge on any atom is 0.133 e. The summed E-state index contributed by atoms with van der Waals surface area (Å²) in [7, 11) is 0. The Morgan fingerprint density at radius 1 is 0.417 bits per heavy atom. The highest BCUT2D eigenvalue weighted by atomic mass is 16.6. The topological polar surface area (TPSA) is 55.4 Å². The van der Waals surface area contributed by atoms with Gasteiger partial charge in [-0.05, 0) is 0 Å². The fraction of sp³-hybridized carbons (Fsp3) is 0.333. The van der Waals surface area contributed by atoms with Crippen LogP contribution in [0.15, 0.2) is 62.7 Å². The summed E-state index contributed by atoms with van der Waals surface area (Å²) < 4.78 is 33.8. The summed E-state index contributed by atoms with van der Waals surface area (Å²) in [5.74, 6) is 1.55. The van der Waals surface area contributed by atoms with Gasteiger partial charge in [0.05, 0.1) is 52.9 Å². The third-order valence-corrected chi connectivity index (χ3v) is 5.10. The molecule has 0 heterocycles. The van der Waals surface area contributed by atoms with Crippen LogP contribution in [0.3, 0.4) is 0 Å². The minimum atomic E-state index is 0.441. The van der Waals surface area contributed by atoms with Crippen LogP contribution in [0.4, 0.5) is 0 Å². The van der Waals surface area contributed by atoms with Gasteiger partial charge in [-0.2, -0.15) is 0 Å². The van der Waals surface area contributed by atoms with E-state index < -0.39 is 0 Å². The van der Waals surface area contributed by atoms with Crippen molar-refractivity contribution >= 4 is 24.3 Å². The highest BCUT2D eigenvalue weighted by molar-refractivity contribution is 5.67. The molecule has 2 rings (SSSR count). The fourth-order valence-electron chi connectivity index (χ4n) is 3.29. The van der Waals surface area contributed by atoms with Gasteiger partial charge in [0.2, 0.25) is 0 Å². The van der Waals surface area contributed by atoms with Gasteiger partial charge in [0, 0.05) is 22.3 Å². The molecule has 0 radical (unpaired) electrons. The van der Waals surface area contributed by atoms with Crippen molar-refractivity contribution in [1.82, 2.24) is 0 Å². The van der Waals surface area contributed by atoms with E-state index in [1.807, 2.05) is 36.4 Å². The normalized spacial score (nSPS) is 10.6. The lowest BCUT2D eigenvalue weighted by Crippen LogP contribution is -2.15. The number of para-hydroxylation sites is 2. The molecule has 194 valence electrons. The molecule has 0 saturated heterocycles. The van der Waals surface area contributed by atoms with E-state index in [9.17, 15) is 0 Å². The fourth-order valence-corrected chi connectivity index (χ4v) is 3.29. The lowest BCUT2D eigenvalue weighted by molar-refractivity contribution is -0.00700. The molecule has 0 bridgehead atoms. The van der Waals surface area contributed by atoms with E-state index in [4.69, 9.17) is 28.4 Å². The molecule has 36 heavy (non-hydrogen) atoms. The highest BCUT2D eigenvalue weighted by Crippen LogP contribution is 2.26. The number of hydrogen-bond donors (Lipinski definition) is 0. The predicted molar refractivity (Wildman–Crippen MR) is 148 cm³/mol. The molecule has 0 amide bonds. The molecule has 0 fully saturated rings. The average Bonchev–Trinajstić information content (AvgIpc) is 2.92. The third kappa shape index (κ3) is 10.2. The summed E-state index contributed by atoms with van der Waals surface area (Å²) in [4.78, 5) is 0. The van der Waals surface area contributed by atoms with Crippen LogP contribution in [-0.4, -0.2) is 66.1 Å². The number of ether oxygens (including phenoxy) is 6. The molecule has 6 nitrogen and oxygen atoms in total. The predicted octanol–water partition coefficient (Wildman–Crippen LogP) is 5.78. The van der Waals surface area contributed by atoms with Gasteiger partial charge in [0.25, 0.3) is 0 Å². The Balaban J connectivity index is 1.41. The summed E-state index contributed by atoms with van der Waals surface area (Å²) >= 11 is 0. The Hall–Kier alpha value is -3.16. The maximum absolute atomic E-state index is 5.84. The average molecular weight is 495 g/mol. The summed E-state index contributed by atoms with van der Waals surface area (Å²) in [5.41, 5.74) is 3.74. The molecule has 0 atom stereocenters. The second-order valence-corrected chi connectivity index (χ2v) is 7.49. The van der Waals surface area contributed by atoms with Crippen molar-refractivity contribution < 1.29 is 28.4 Å². The van der Waals surface area contributed by atoms with Crippen LogP contribution in [0.5, 0.6) is 11.5 Å². The molecule has 0 aliphatic rings. The van der Waals surface area contributed by atoms with Crippen molar-refractivity contribution in [2.75, 3.05) is 66.1 Å². The van der Waals surface area contributed by atoms with Crippen LogP contribution in [0.25, 0.3) is 24.3 Å². The number of hydrogen-bond acceptors (Lipinski definition) is 6. The van der Waals surface area contributed by atoms with Gasteiger partial charge in [-0.3, -0.25) is 0 Å². The first-order valence-corrected chi connectivity index (χ1v) is 12.1. The molecule has 2 aromatic rings. The molecule has 6 heteroatoms. The highest BCUT2D eigenvalue weighted by Gasteiger charge is 2.06. The molecule has 0 saturated carbocycles. The Kier molecular flexibility index (Phi) is 14.7. The quantitative estimate of drug-likeness (QED) is 0.205. The zero-order valence-electron chi connectivity index (χ0n) is 21.1. The monoisotopic (exact) mass is 494 g/mol. The Labute approximate surface area is 215 Å². The van der Waals surface area contributed by atoms with E-state index in [1.54, 1.807) is 24.3 Å². The van der Waals surface area contributed by atoms with Gasteiger partial charge >= 0.3 is 0 Å².